The van der Waals surface area contributed by atoms with Gasteiger partial charge in [0.1, 0.15) is 24.4 Å². The molecule has 2 aliphatic heterocycles. The summed E-state index contributed by atoms with van der Waals surface area (Å²) in [5, 5.41) is 51.9. The number of ether oxygens (including phenoxy) is 3. The van der Waals surface area contributed by atoms with Gasteiger partial charge < -0.3 is 45.1 Å². The first-order valence-electron chi connectivity index (χ1n) is 7.76. The van der Waals surface area contributed by atoms with Crippen molar-refractivity contribution in [3.8, 4) is 0 Å². The molecule has 8 atom stereocenters. The fourth-order valence-corrected chi connectivity index (χ4v) is 2.93. The number of carbonyl (C=O) groups is 1. The number of carbonyl (C=O) groups excluding carboxylic acids is 1. The largest absolute Gasteiger partial charge is 0.394 e. The number of rotatable bonds is 4. The molecule has 0 aliphatic carbocycles. The van der Waals surface area contributed by atoms with E-state index in [1.807, 2.05) is 0 Å². The predicted octanol–water partition coefficient (Wildman–Crippen LogP) is -3.19. The SMILES string of the molecule is CC(=O)N[C@]1(O)CO[C@H](CO)[C@@H](O)[C@@H]1O[C@H]1C[C@H](O)[C@H](O)[C@H](C)O1. The van der Waals surface area contributed by atoms with Crippen molar-refractivity contribution in [3.05, 3.63) is 0 Å². The third-order valence-corrected chi connectivity index (χ3v) is 4.23. The number of hydrogen-bond acceptors (Lipinski definition) is 9. The Morgan fingerprint density at radius 1 is 1.33 bits per heavy atom. The van der Waals surface area contributed by atoms with Crippen molar-refractivity contribution in [2.24, 2.45) is 0 Å². The van der Waals surface area contributed by atoms with Gasteiger partial charge in [-0.3, -0.25) is 4.79 Å². The quantitative estimate of drug-likeness (QED) is 0.287. The summed E-state index contributed by atoms with van der Waals surface area (Å²) in [5.41, 5.74) is -2.04. The Hall–Kier alpha value is -0.850. The van der Waals surface area contributed by atoms with Crippen LogP contribution in [-0.4, -0.2) is 93.3 Å². The van der Waals surface area contributed by atoms with Crippen LogP contribution in [0.4, 0.5) is 0 Å². The summed E-state index contributed by atoms with van der Waals surface area (Å²) in [6.45, 7) is 1.80. The Morgan fingerprint density at radius 2 is 2.00 bits per heavy atom. The summed E-state index contributed by atoms with van der Waals surface area (Å²) in [5.74, 6) is -0.572. The van der Waals surface area contributed by atoms with Crippen molar-refractivity contribution in [1.29, 1.82) is 0 Å². The third-order valence-electron chi connectivity index (χ3n) is 4.23. The molecule has 0 bridgehead atoms. The molecule has 0 aromatic heterocycles. The summed E-state index contributed by atoms with van der Waals surface area (Å²) in [4.78, 5) is 11.3. The molecular weight excluding hydrogens is 326 g/mol. The molecule has 2 rings (SSSR count). The molecule has 140 valence electrons. The van der Waals surface area contributed by atoms with E-state index in [9.17, 15) is 30.3 Å². The van der Waals surface area contributed by atoms with Crippen LogP contribution in [0.2, 0.25) is 0 Å². The first-order chi connectivity index (χ1) is 11.2. The zero-order valence-corrected chi connectivity index (χ0v) is 13.5. The first kappa shape index (κ1) is 19.5. The van der Waals surface area contributed by atoms with Gasteiger partial charge in [0.2, 0.25) is 5.91 Å². The molecule has 1 amide bonds. The summed E-state index contributed by atoms with van der Waals surface area (Å²) >= 11 is 0. The van der Waals surface area contributed by atoms with Crippen molar-refractivity contribution >= 4 is 5.91 Å². The summed E-state index contributed by atoms with van der Waals surface area (Å²) in [6.07, 6.45) is -7.86. The molecule has 0 aromatic rings. The van der Waals surface area contributed by atoms with E-state index in [0.717, 1.165) is 0 Å². The zero-order valence-electron chi connectivity index (χ0n) is 13.5. The molecule has 2 aliphatic rings. The van der Waals surface area contributed by atoms with Crippen LogP contribution in [0.15, 0.2) is 0 Å². The van der Waals surface area contributed by atoms with E-state index in [4.69, 9.17) is 14.2 Å². The van der Waals surface area contributed by atoms with Crippen LogP contribution >= 0.6 is 0 Å². The second-order valence-electron chi connectivity index (χ2n) is 6.25. The van der Waals surface area contributed by atoms with Crippen molar-refractivity contribution in [2.45, 2.75) is 68.9 Å². The van der Waals surface area contributed by atoms with Crippen LogP contribution in [0.1, 0.15) is 20.3 Å². The summed E-state index contributed by atoms with van der Waals surface area (Å²) < 4.78 is 16.2. The molecule has 0 aromatic carbocycles. The fourth-order valence-electron chi connectivity index (χ4n) is 2.93. The monoisotopic (exact) mass is 351 g/mol. The van der Waals surface area contributed by atoms with Gasteiger partial charge in [-0.05, 0) is 6.92 Å². The lowest BCUT2D eigenvalue weighted by Crippen LogP contribution is -2.70. The lowest BCUT2D eigenvalue weighted by atomic mass is 9.94. The predicted molar refractivity (Wildman–Crippen MR) is 77.4 cm³/mol. The van der Waals surface area contributed by atoms with E-state index < -0.39 is 67.8 Å². The maximum atomic E-state index is 11.3. The number of hydrogen-bond donors (Lipinski definition) is 6. The molecular formula is C14H25NO9. The number of amides is 1. The van der Waals surface area contributed by atoms with Gasteiger partial charge in [0.05, 0.1) is 25.4 Å². The average molecular weight is 351 g/mol. The van der Waals surface area contributed by atoms with Crippen molar-refractivity contribution < 1.29 is 44.5 Å². The van der Waals surface area contributed by atoms with E-state index in [2.05, 4.69) is 5.32 Å². The summed E-state index contributed by atoms with van der Waals surface area (Å²) in [6, 6.07) is 0. The Labute approximate surface area is 138 Å². The zero-order chi connectivity index (χ0) is 18.1. The smallest absolute Gasteiger partial charge is 0.219 e. The maximum absolute atomic E-state index is 11.3. The highest BCUT2D eigenvalue weighted by Gasteiger charge is 2.52. The standard InChI is InChI=1S/C14H25NO9/c1-6-11(19)8(18)3-10(23-6)24-13-12(20)9(4-16)22-5-14(13,21)15-7(2)17/h6,8-13,16,18-21H,3-5H2,1-2H3,(H,15,17)/t6-,8-,9+,10-,11+,12+,13-,14-/m0/s1. The van der Waals surface area contributed by atoms with Crippen molar-refractivity contribution in [3.63, 3.8) is 0 Å². The van der Waals surface area contributed by atoms with Crippen LogP contribution in [0.25, 0.3) is 0 Å². The van der Waals surface area contributed by atoms with Gasteiger partial charge in [-0.25, -0.2) is 0 Å². The minimum atomic E-state index is -2.04. The highest BCUT2D eigenvalue weighted by atomic mass is 16.7. The van der Waals surface area contributed by atoms with Crippen molar-refractivity contribution in [1.82, 2.24) is 5.32 Å². The lowest BCUT2D eigenvalue weighted by Gasteiger charge is -2.47. The van der Waals surface area contributed by atoms with Gasteiger partial charge >= 0.3 is 0 Å². The Balaban J connectivity index is 2.16. The van der Waals surface area contributed by atoms with Gasteiger partial charge in [-0.1, -0.05) is 0 Å². The van der Waals surface area contributed by atoms with Crippen LogP contribution in [-0.2, 0) is 19.0 Å². The minimum absolute atomic E-state index is 0.0878. The number of aliphatic hydroxyl groups is 5. The molecule has 0 radical (unpaired) electrons. The number of aliphatic hydroxyl groups excluding tert-OH is 4. The first-order valence-corrected chi connectivity index (χ1v) is 7.76. The molecule has 0 spiro atoms. The Bertz CT molecular complexity index is 438. The highest BCUT2D eigenvalue weighted by Crippen LogP contribution is 2.30. The van der Waals surface area contributed by atoms with Gasteiger partial charge in [-0.15, -0.1) is 0 Å². The van der Waals surface area contributed by atoms with Gasteiger partial charge in [0.15, 0.2) is 12.0 Å². The minimum Gasteiger partial charge on any atom is -0.394 e. The molecule has 24 heavy (non-hydrogen) atoms. The van der Waals surface area contributed by atoms with Gasteiger partial charge in [0, 0.05) is 13.3 Å². The lowest BCUT2D eigenvalue weighted by molar-refractivity contribution is -0.324. The van der Waals surface area contributed by atoms with Crippen LogP contribution in [0, 0.1) is 0 Å². The summed E-state index contributed by atoms with van der Waals surface area (Å²) in [7, 11) is 0. The molecule has 10 nitrogen and oxygen atoms in total. The van der Waals surface area contributed by atoms with E-state index in [-0.39, 0.29) is 6.42 Å². The Morgan fingerprint density at radius 3 is 2.54 bits per heavy atom. The van der Waals surface area contributed by atoms with E-state index >= 15 is 0 Å². The van der Waals surface area contributed by atoms with Gasteiger partial charge in [0.25, 0.3) is 0 Å². The van der Waals surface area contributed by atoms with Crippen molar-refractivity contribution in [2.75, 3.05) is 13.2 Å². The van der Waals surface area contributed by atoms with Crippen LogP contribution in [0.5, 0.6) is 0 Å². The molecule has 0 unspecified atom stereocenters. The van der Waals surface area contributed by atoms with Crippen LogP contribution < -0.4 is 5.32 Å². The molecule has 0 saturated carbocycles. The second kappa shape index (κ2) is 7.58. The normalized spacial score (nSPS) is 46.5. The van der Waals surface area contributed by atoms with Crippen LogP contribution in [0.3, 0.4) is 0 Å². The molecule has 6 N–H and O–H groups in total. The second-order valence-corrected chi connectivity index (χ2v) is 6.25. The fraction of sp³-hybridized carbons (Fsp3) is 0.929. The molecule has 2 fully saturated rings. The molecule has 2 saturated heterocycles. The number of nitrogens with one attached hydrogen (secondary N) is 1. The maximum Gasteiger partial charge on any atom is 0.219 e. The Kier molecular flexibility index (Phi) is 6.15. The average Bonchev–Trinajstić information content (AvgIpc) is 2.48. The highest BCUT2D eigenvalue weighted by molar-refractivity contribution is 5.73. The third kappa shape index (κ3) is 4.03. The van der Waals surface area contributed by atoms with E-state index in [0.29, 0.717) is 0 Å². The van der Waals surface area contributed by atoms with E-state index in [1.54, 1.807) is 6.92 Å². The molecule has 10 heteroatoms. The van der Waals surface area contributed by atoms with E-state index in [1.165, 1.54) is 6.92 Å². The molecule has 2 heterocycles. The van der Waals surface area contributed by atoms with Gasteiger partial charge in [-0.2, -0.15) is 0 Å². The topological polar surface area (TPSA) is 158 Å².